The zero-order valence-corrected chi connectivity index (χ0v) is 14.4. The maximum Gasteiger partial charge on any atom is 0.232 e. The van der Waals surface area contributed by atoms with Crippen LogP contribution in [0.15, 0.2) is 18.2 Å². The average molecular weight is 323 g/mol. The van der Waals surface area contributed by atoms with Gasteiger partial charge in [0.1, 0.15) is 11.6 Å². The standard InChI is InChI=1S/C19H27F2NO/c1-4-12-19(2,3)18(23)22(15-8-6-5-7-9-15)17-11-10-14(20)13-16(17)21/h10-11,13,15H,4-9,12H2,1-3H3. The van der Waals surface area contributed by atoms with E-state index in [0.717, 1.165) is 51.0 Å². The Morgan fingerprint density at radius 1 is 1.22 bits per heavy atom. The second kappa shape index (κ2) is 7.41. The second-order valence-electron chi connectivity index (χ2n) is 7.20. The molecule has 1 aromatic rings. The number of anilines is 1. The van der Waals surface area contributed by atoms with Gasteiger partial charge >= 0.3 is 0 Å². The number of nitrogens with zero attached hydrogens (tertiary/aromatic N) is 1. The SMILES string of the molecule is CCCC(C)(C)C(=O)N(c1ccc(F)cc1F)C1CCCCC1. The molecule has 0 bridgehead atoms. The molecule has 0 atom stereocenters. The quantitative estimate of drug-likeness (QED) is 0.705. The molecule has 1 saturated carbocycles. The highest BCUT2D eigenvalue weighted by atomic mass is 19.1. The predicted octanol–water partition coefficient (Wildman–Crippen LogP) is 5.46. The minimum atomic E-state index is -0.656. The number of rotatable bonds is 5. The van der Waals surface area contributed by atoms with Crippen LogP contribution in [-0.4, -0.2) is 11.9 Å². The molecule has 1 fully saturated rings. The van der Waals surface area contributed by atoms with Crippen molar-refractivity contribution in [3.8, 4) is 0 Å². The summed E-state index contributed by atoms with van der Waals surface area (Å²) in [5.41, 5.74) is -0.333. The van der Waals surface area contributed by atoms with E-state index in [1.54, 1.807) is 4.90 Å². The van der Waals surface area contributed by atoms with Crippen molar-refractivity contribution in [3.05, 3.63) is 29.8 Å². The number of hydrogen-bond acceptors (Lipinski definition) is 1. The van der Waals surface area contributed by atoms with Gasteiger partial charge in [-0.25, -0.2) is 8.78 Å². The first kappa shape index (κ1) is 17.9. The molecule has 0 saturated heterocycles. The predicted molar refractivity (Wildman–Crippen MR) is 89.4 cm³/mol. The summed E-state index contributed by atoms with van der Waals surface area (Å²) in [4.78, 5) is 14.8. The van der Waals surface area contributed by atoms with E-state index in [0.29, 0.717) is 0 Å². The van der Waals surface area contributed by atoms with Crippen molar-refractivity contribution in [2.75, 3.05) is 4.90 Å². The Bertz CT molecular complexity index is 550. The van der Waals surface area contributed by atoms with Crippen molar-refractivity contribution < 1.29 is 13.6 Å². The Hall–Kier alpha value is -1.45. The van der Waals surface area contributed by atoms with Crippen molar-refractivity contribution in [3.63, 3.8) is 0 Å². The first-order valence-electron chi connectivity index (χ1n) is 8.65. The van der Waals surface area contributed by atoms with Gasteiger partial charge in [-0.05, 0) is 31.4 Å². The van der Waals surface area contributed by atoms with Crippen LogP contribution >= 0.6 is 0 Å². The average Bonchev–Trinajstić information content (AvgIpc) is 2.50. The van der Waals surface area contributed by atoms with E-state index in [2.05, 4.69) is 0 Å². The summed E-state index contributed by atoms with van der Waals surface area (Å²) in [5.74, 6) is -1.33. The summed E-state index contributed by atoms with van der Waals surface area (Å²) >= 11 is 0. The molecule has 128 valence electrons. The molecule has 0 radical (unpaired) electrons. The van der Waals surface area contributed by atoms with Crippen LogP contribution in [0.4, 0.5) is 14.5 Å². The number of hydrogen-bond donors (Lipinski definition) is 0. The van der Waals surface area contributed by atoms with Crippen molar-refractivity contribution in [1.82, 2.24) is 0 Å². The van der Waals surface area contributed by atoms with Crippen LogP contribution in [0.1, 0.15) is 65.7 Å². The molecule has 2 rings (SSSR count). The Morgan fingerprint density at radius 3 is 2.43 bits per heavy atom. The molecule has 1 aliphatic rings. The summed E-state index contributed by atoms with van der Waals surface area (Å²) in [7, 11) is 0. The van der Waals surface area contributed by atoms with E-state index in [1.165, 1.54) is 12.1 Å². The zero-order valence-electron chi connectivity index (χ0n) is 14.4. The number of benzene rings is 1. The Balaban J connectivity index is 2.40. The summed E-state index contributed by atoms with van der Waals surface area (Å²) in [5, 5.41) is 0. The second-order valence-corrected chi connectivity index (χ2v) is 7.20. The molecule has 0 aliphatic heterocycles. The Labute approximate surface area is 137 Å². The molecule has 2 nitrogen and oxygen atoms in total. The summed E-state index contributed by atoms with van der Waals surface area (Å²) < 4.78 is 27.6. The van der Waals surface area contributed by atoms with E-state index >= 15 is 0 Å². The van der Waals surface area contributed by atoms with Crippen molar-refractivity contribution in [2.45, 2.75) is 71.8 Å². The van der Waals surface area contributed by atoms with Gasteiger partial charge in [0.15, 0.2) is 0 Å². The highest BCUT2D eigenvalue weighted by molar-refractivity contribution is 5.97. The van der Waals surface area contributed by atoms with Gasteiger partial charge in [-0.15, -0.1) is 0 Å². The van der Waals surface area contributed by atoms with E-state index in [4.69, 9.17) is 0 Å². The molecular formula is C19H27F2NO. The van der Waals surface area contributed by atoms with Crippen LogP contribution < -0.4 is 4.90 Å². The number of carbonyl (C=O) groups is 1. The third kappa shape index (κ3) is 4.10. The lowest BCUT2D eigenvalue weighted by atomic mass is 9.84. The molecule has 4 heteroatoms. The van der Waals surface area contributed by atoms with Gasteiger partial charge in [0.2, 0.25) is 5.91 Å². The van der Waals surface area contributed by atoms with Crippen LogP contribution in [0.25, 0.3) is 0 Å². The van der Waals surface area contributed by atoms with E-state index in [-0.39, 0.29) is 17.6 Å². The number of halogens is 2. The fourth-order valence-electron chi connectivity index (χ4n) is 3.55. The Kier molecular flexibility index (Phi) is 5.77. The minimum absolute atomic E-state index is 0.00680. The third-order valence-electron chi connectivity index (χ3n) is 4.78. The van der Waals surface area contributed by atoms with Gasteiger partial charge in [-0.3, -0.25) is 4.79 Å². The molecule has 23 heavy (non-hydrogen) atoms. The fourth-order valence-corrected chi connectivity index (χ4v) is 3.55. The van der Waals surface area contributed by atoms with Crippen molar-refractivity contribution in [1.29, 1.82) is 0 Å². The van der Waals surface area contributed by atoms with Crippen molar-refractivity contribution >= 4 is 11.6 Å². The molecule has 1 aliphatic carbocycles. The van der Waals surface area contributed by atoms with E-state index in [1.807, 2.05) is 20.8 Å². The molecule has 0 spiro atoms. The first-order chi connectivity index (χ1) is 10.9. The zero-order chi connectivity index (χ0) is 17.0. The lowest BCUT2D eigenvalue weighted by Crippen LogP contribution is -2.48. The summed E-state index contributed by atoms with van der Waals surface area (Å²) in [6, 6.07) is 3.51. The van der Waals surface area contributed by atoms with Gasteiger partial charge in [0.05, 0.1) is 5.69 Å². The maximum atomic E-state index is 14.4. The molecule has 0 heterocycles. The maximum absolute atomic E-state index is 14.4. The highest BCUT2D eigenvalue weighted by Gasteiger charge is 2.37. The van der Waals surface area contributed by atoms with E-state index in [9.17, 15) is 13.6 Å². The largest absolute Gasteiger partial charge is 0.306 e. The third-order valence-corrected chi connectivity index (χ3v) is 4.78. The van der Waals surface area contributed by atoms with Crippen molar-refractivity contribution in [2.24, 2.45) is 5.41 Å². The van der Waals surface area contributed by atoms with Gasteiger partial charge in [0, 0.05) is 17.5 Å². The monoisotopic (exact) mass is 323 g/mol. The van der Waals surface area contributed by atoms with Crippen LogP contribution in [0.5, 0.6) is 0 Å². The highest BCUT2D eigenvalue weighted by Crippen LogP contribution is 2.35. The smallest absolute Gasteiger partial charge is 0.232 e. The Morgan fingerprint density at radius 2 is 1.87 bits per heavy atom. The van der Waals surface area contributed by atoms with E-state index < -0.39 is 17.0 Å². The summed E-state index contributed by atoms with van der Waals surface area (Å²) in [6.07, 6.45) is 6.65. The minimum Gasteiger partial charge on any atom is -0.306 e. The van der Waals surface area contributed by atoms with Gasteiger partial charge in [-0.1, -0.05) is 46.5 Å². The van der Waals surface area contributed by atoms with Crippen LogP contribution in [0, 0.1) is 17.0 Å². The molecule has 0 unspecified atom stereocenters. The lowest BCUT2D eigenvalue weighted by Gasteiger charge is -2.39. The topological polar surface area (TPSA) is 20.3 Å². The molecule has 0 N–H and O–H groups in total. The lowest BCUT2D eigenvalue weighted by molar-refractivity contribution is -0.127. The molecule has 0 aromatic heterocycles. The van der Waals surface area contributed by atoms with Crippen LogP contribution in [0.2, 0.25) is 0 Å². The van der Waals surface area contributed by atoms with Gasteiger partial charge < -0.3 is 4.90 Å². The molecule has 1 amide bonds. The van der Waals surface area contributed by atoms with Gasteiger partial charge in [0.25, 0.3) is 0 Å². The van der Waals surface area contributed by atoms with Crippen LogP contribution in [-0.2, 0) is 4.79 Å². The molecular weight excluding hydrogens is 296 g/mol. The van der Waals surface area contributed by atoms with Gasteiger partial charge in [-0.2, -0.15) is 0 Å². The number of carbonyl (C=O) groups excluding carboxylic acids is 1. The summed E-state index contributed by atoms with van der Waals surface area (Å²) in [6.45, 7) is 5.87. The van der Waals surface area contributed by atoms with Crippen LogP contribution in [0.3, 0.4) is 0 Å². The first-order valence-corrected chi connectivity index (χ1v) is 8.65. The normalized spacial score (nSPS) is 16.4. The fraction of sp³-hybridized carbons (Fsp3) is 0.632. The molecule has 1 aromatic carbocycles. The number of amides is 1.